The largest absolute Gasteiger partial charge is 0.351 e. The smallest absolute Gasteiger partial charge is 0.174 e. The number of anilines is 1. The number of halogens is 1. The number of rotatable bonds is 4. The van der Waals surface area contributed by atoms with E-state index in [4.69, 9.17) is 12.2 Å². The van der Waals surface area contributed by atoms with Crippen LogP contribution in [0.2, 0.25) is 0 Å². The maximum Gasteiger partial charge on any atom is 0.174 e. The molecule has 1 aliphatic heterocycles. The second kappa shape index (κ2) is 8.05. The Hall–Kier alpha value is -2.96. The molecule has 5 rings (SSSR count). The number of nitrogens with one attached hydrogen (secondary N) is 1. The van der Waals surface area contributed by atoms with Gasteiger partial charge in [-0.1, -0.05) is 40.2 Å². The molecule has 0 unspecified atom stereocenters. The number of hydrogen-bond donors (Lipinski definition) is 1. The average Bonchev–Trinajstić information content (AvgIpc) is 3.40. The van der Waals surface area contributed by atoms with Gasteiger partial charge in [0.1, 0.15) is 6.04 Å². The third kappa shape index (κ3) is 3.42. The molecule has 1 saturated heterocycles. The number of thiocarbonyl (C=S) groups is 1. The van der Waals surface area contributed by atoms with Crippen molar-refractivity contribution in [2.75, 3.05) is 4.90 Å². The van der Waals surface area contributed by atoms with Crippen molar-refractivity contribution in [1.82, 2.24) is 14.9 Å². The summed E-state index contributed by atoms with van der Waals surface area (Å²) in [5, 5.41) is 4.22. The van der Waals surface area contributed by atoms with E-state index < -0.39 is 0 Å². The topological polar surface area (TPSA) is 33.1 Å². The van der Waals surface area contributed by atoms with Gasteiger partial charge < -0.3 is 14.8 Å². The van der Waals surface area contributed by atoms with Crippen LogP contribution in [-0.2, 0) is 0 Å². The number of hydrogen-bond acceptors (Lipinski definition) is 2. The van der Waals surface area contributed by atoms with E-state index in [1.54, 1.807) is 0 Å². The van der Waals surface area contributed by atoms with Crippen LogP contribution in [0.5, 0.6) is 0 Å². The molecule has 3 heterocycles. The summed E-state index contributed by atoms with van der Waals surface area (Å²) in [5.41, 5.74) is 4.27. The van der Waals surface area contributed by atoms with Crippen LogP contribution in [0.25, 0.3) is 5.69 Å². The van der Waals surface area contributed by atoms with Gasteiger partial charge in [0, 0.05) is 33.9 Å². The third-order valence-electron chi connectivity index (χ3n) is 5.32. The Balaban J connectivity index is 1.66. The van der Waals surface area contributed by atoms with Crippen LogP contribution >= 0.6 is 28.1 Å². The van der Waals surface area contributed by atoms with Crippen molar-refractivity contribution in [3.63, 3.8) is 0 Å². The van der Waals surface area contributed by atoms with Gasteiger partial charge in [-0.05, 0) is 72.9 Å². The Kier molecular flexibility index (Phi) is 5.11. The molecule has 2 aromatic carbocycles. The molecule has 4 nitrogen and oxygen atoms in total. The Bertz CT molecular complexity index is 1160. The second-order valence-corrected chi connectivity index (χ2v) is 8.41. The SMILES string of the molecule is S=C1N[C@@H](c2ccccn2)[C@@H](c2cccn2-c2ccc(Br)cc2)N1c1ccccc1. The zero-order valence-electron chi connectivity index (χ0n) is 16.0. The van der Waals surface area contributed by atoms with Gasteiger partial charge >= 0.3 is 0 Å². The predicted molar refractivity (Wildman–Crippen MR) is 128 cm³/mol. The van der Waals surface area contributed by atoms with E-state index in [0.29, 0.717) is 5.11 Å². The number of pyridine rings is 1. The van der Waals surface area contributed by atoms with Gasteiger partial charge in [0.05, 0.1) is 11.7 Å². The minimum absolute atomic E-state index is 0.0477. The zero-order valence-corrected chi connectivity index (χ0v) is 18.4. The fourth-order valence-corrected chi connectivity index (χ4v) is 4.60. The summed E-state index contributed by atoms with van der Waals surface area (Å²) in [4.78, 5) is 6.83. The maximum absolute atomic E-state index is 5.80. The molecule has 0 spiro atoms. The van der Waals surface area contributed by atoms with Gasteiger partial charge in [0.2, 0.25) is 0 Å². The fraction of sp³-hybridized carbons (Fsp3) is 0.0833. The van der Waals surface area contributed by atoms with Gasteiger partial charge in [0.15, 0.2) is 5.11 Å². The van der Waals surface area contributed by atoms with Crippen molar-refractivity contribution < 1.29 is 0 Å². The molecular weight excluding hydrogens is 456 g/mol. The lowest BCUT2D eigenvalue weighted by Crippen LogP contribution is -2.30. The molecule has 1 aliphatic rings. The van der Waals surface area contributed by atoms with E-state index in [2.05, 4.69) is 96.5 Å². The lowest BCUT2D eigenvalue weighted by atomic mass is 10.0. The maximum atomic E-state index is 5.80. The van der Waals surface area contributed by atoms with Crippen LogP contribution in [-0.4, -0.2) is 14.7 Å². The highest BCUT2D eigenvalue weighted by Gasteiger charge is 2.42. The van der Waals surface area contributed by atoms with Crippen LogP contribution < -0.4 is 10.2 Å². The average molecular weight is 475 g/mol. The van der Waals surface area contributed by atoms with Crippen molar-refractivity contribution in [1.29, 1.82) is 0 Å². The molecule has 6 heteroatoms. The highest BCUT2D eigenvalue weighted by molar-refractivity contribution is 9.10. The number of aromatic nitrogens is 2. The molecular formula is C24H19BrN4S. The Labute approximate surface area is 189 Å². The minimum atomic E-state index is -0.0667. The molecule has 0 bridgehead atoms. The molecule has 0 radical (unpaired) electrons. The number of para-hydroxylation sites is 1. The Morgan fingerprint density at radius 2 is 1.60 bits per heavy atom. The van der Waals surface area contributed by atoms with Crippen molar-refractivity contribution in [3.8, 4) is 5.69 Å². The Morgan fingerprint density at radius 1 is 0.833 bits per heavy atom. The van der Waals surface area contributed by atoms with Crippen molar-refractivity contribution >= 4 is 38.9 Å². The van der Waals surface area contributed by atoms with Crippen LogP contribution in [0.1, 0.15) is 23.5 Å². The van der Waals surface area contributed by atoms with Crippen molar-refractivity contribution in [3.05, 3.63) is 113 Å². The quantitative estimate of drug-likeness (QED) is 0.378. The predicted octanol–water partition coefficient (Wildman–Crippen LogP) is 5.81. The zero-order chi connectivity index (χ0) is 20.5. The first-order valence-corrected chi connectivity index (χ1v) is 10.9. The Morgan fingerprint density at radius 3 is 2.33 bits per heavy atom. The molecule has 148 valence electrons. The summed E-state index contributed by atoms with van der Waals surface area (Å²) in [5.74, 6) is 0. The monoisotopic (exact) mass is 474 g/mol. The summed E-state index contributed by atoms with van der Waals surface area (Å²) in [6.45, 7) is 0. The van der Waals surface area contributed by atoms with Gasteiger partial charge in [-0.25, -0.2) is 0 Å². The summed E-state index contributed by atoms with van der Waals surface area (Å²) in [6.07, 6.45) is 3.93. The molecule has 1 fully saturated rings. The van der Waals surface area contributed by atoms with E-state index in [0.717, 1.165) is 27.2 Å². The molecule has 0 amide bonds. The number of nitrogens with zero attached hydrogens (tertiary/aromatic N) is 3. The van der Waals surface area contributed by atoms with E-state index in [1.807, 2.05) is 36.5 Å². The third-order valence-corrected chi connectivity index (χ3v) is 6.16. The first-order valence-electron chi connectivity index (χ1n) is 9.71. The van der Waals surface area contributed by atoms with Crippen LogP contribution in [0.4, 0.5) is 5.69 Å². The lowest BCUT2D eigenvalue weighted by molar-refractivity contribution is 0.549. The van der Waals surface area contributed by atoms with Gasteiger partial charge in [-0.3, -0.25) is 4.98 Å². The first-order chi connectivity index (χ1) is 14.7. The summed E-state index contributed by atoms with van der Waals surface area (Å²) < 4.78 is 3.28. The fourth-order valence-electron chi connectivity index (χ4n) is 3.99. The van der Waals surface area contributed by atoms with Crippen molar-refractivity contribution in [2.24, 2.45) is 0 Å². The summed E-state index contributed by atoms with van der Waals surface area (Å²) in [6, 6.07) is 28.7. The minimum Gasteiger partial charge on any atom is -0.351 e. The van der Waals surface area contributed by atoms with Gasteiger partial charge in [-0.2, -0.15) is 0 Å². The highest BCUT2D eigenvalue weighted by Crippen LogP contribution is 2.42. The lowest BCUT2D eigenvalue weighted by Gasteiger charge is -2.29. The van der Waals surface area contributed by atoms with Crippen LogP contribution in [0, 0.1) is 0 Å². The summed E-state index contributed by atoms with van der Waals surface area (Å²) >= 11 is 9.33. The second-order valence-electron chi connectivity index (χ2n) is 7.11. The number of benzene rings is 2. The standard InChI is InChI=1S/C24H19BrN4S/c25-17-11-13-18(14-12-17)28-16-6-10-21(28)23-22(20-9-4-5-15-26-20)27-24(30)29(23)19-7-2-1-3-8-19/h1-16,22-23H,(H,27,30)/t22-,23+/m0/s1. The van der Waals surface area contributed by atoms with E-state index in [-0.39, 0.29) is 12.1 Å². The first kappa shape index (κ1) is 19.0. The normalized spacial score (nSPS) is 18.4. The molecule has 1 N–H and O–H groups in total. The van der Waals surface area contributed by atoms with Crippen LogP contribution in [0.15, 0.2) is 102 Å². The van der Waals surface area contributed by atoms with Gasteiger partial charge in [0.25, 0.3) is 0 Å². The van der Waals surface area contributed by atoms with E-state index in [1.165, 1.54) is 0 Å². The van der Waals surface area contributed by atoms with Crippen LogP contribution in [0.3, 0.4) is 0 Å². The molecule has 0 saturated carbocycles. The molecule has 2 atom stereocenters. The summed E-state index contributed by atoms with van der Waals surface area (Å²) in [7, 11) is 0. The van der Waals surface area contributed by atoms with E-state index in [9.17, 15) is 0 Å². The molecule has 0 aliphatic carbocycles. The van der Waals surface area contributed by atoms with Gasteiger partial charge in [-0.15, -0.1) is 0 Å². The molecule has 4 aromatic rings. The van der Waals surface area contributed by atoms with Crippen molar-refractivity contribution in [2.45, 2.75) is 12.1 Å². The molecule has 2 aromatic heterocycles. The highest BCUT2D eigenvalue weighted by atomic mass is 79.9. The van der Waals surface area contributed by atoms with E-state index >= 15 is 0 Å². The molecule has 30 heavy (non-hydrogen) atoms.